The Kier molecular flexibility index (Phi) is 8.59. The number of ether oxygens (including phenoxy) is 1. The second-order valence-electron chi connectivity index (χ2n) is 6.08. The summed E-state index contributed by atoms with van der Waals surface area (Å²) in [5, 5.41) is 2.92. The molecule has 0 aliphatic rings. The first-order chi connectivity index (χ1) is 11.4. The van der Waals surface area contributed by atoms with Crippen LogP contribution in [0.4, 0.5) is 0 Å². The molecular weight excluding hydrogens is 404 g/mol. The second kappa shape index (κ2) is 9.92. The van der Waals surface area contributed by atoms with E-state index in [1.165, 1.54) is 0 Å². The first-order valence-corrected chi connectivity index (χ1v) is 8.66. The van der Waals surface area contributed by atoms with Crippen LogP contribution in [0.15, 0.2) is 59.1 Å². The standard InChI is InChI=1S/C19H23BrN2O2.ClH/c1-14(12-24-13-15-6-4-3-5-7-15)22-18(23)19(2,21)16-8-10-17(20)11-9-16;/h3-11,14H,12-13,21H2,1-2H3,(H,22,23);1H. The molecule has 0 saturated heterocycles. The smallest absolute Gasteiger partial charge is 0.244 e. The fourth-order valence-electron chi connectivity index (χ4n) is 2.27. The van der Waals surface area contributed by atoms with Crippen molar-refractivity contribution >= 4 is 34.2 Å². The molecule has 0 aromatic heterocycles. The number of nitrogens with two attached hydrogens (primary N) is 1. The minimum absolute atomic E-state index is 0. The lowest BCUT2D eigenvalue weighted by atomic mass is 9.92. The molecule has 2 aromatic rings. The minimum Gasteiger partial charge on any atom is -0.375 e. The van der Waals surface area contributed by atoms with Gasteiger partial charge in [-0.05, 0) is 37.1 Å². The van der Waals surface area contributed by atoms with Crippen molar-refractivity contribution in [3.05, 3.63) is 70.2 Å². The minimum atomic E-state index is -1.09. The van der Waals surface area contributed by atoms with Gasteiger partial charge in [-0.1, -0.05) is 58.4 Å². The Morgan fingerprint density at radius 3 is 2.40 bits per heavy atom. The van der Waals surface area contributed by atoms with Gasteiger partial charge in [-0.25, -0.2) is 0 Å². The zero-order chi connectivity index (χ0) is 17.6. The van der Waals surface area contributed by atoms with E-state index in [9.17, 15) is 4.79 Å². The predicted octanol–water partition coefficient (Wildman–Crippen LogP) is 3.77. The number of amides is 1. The van der Waals surface area contributed by atoms with Crippen LogP contribution in [0.1, 0.15) is 25.0 Å². The monoisotopic (exact) mass is 426 g/mol. The van der Waals surface area contributed by atoms with Gasteiger partial charge in [0.05, 0.1) is 13.2 Å². The lowest BCUT2D eigenvalue weighted by Crippen LogP contribution is -2.52. The zero-order valence-corrected chi connectivity index (χ0v) is 16.8. The van der Waals surface area contributed by atoms with E-state index in [4.69, 9.17) is 10.5 Å². The topological polar surface area (TPSA) is 64.3 Å². The van der Waals surface area contributed by atoms with Gasteiger partial charge in [0.25, 0.3) is 0 Å². The zero-order valence-electron chi connectivity index (χ0n) is 14.4. The van der Waals surface area contributed by atoms with Crippen LogP contribution >= 0.6 is 28.3 Å². The molecular formula is C19H24BrClN2O2. The maximum Gasteiger partial charge on any atom is 0.244 e. The van der Waals surface area contributed by atoms with Crippen LogP contribution in [0, 0.1) is 0 Å². The number of hydrogen-bond donors (Lipinski definition) is 2. The molecule has 0 heterocycles. The normalized spacial score (nSPS) is 14.1. The van der Waals surface area contributed by atoms with Crippen molar-refractivity contribution in [1.29, 1.82) is 0 Å². The summed E-state index contributed by atoms with van der Waals surface area (Å²) in [4.78, 5) is 12.5. The Bertz CT molecular complexity index is 663. The number of carbonyl (C=O) groups excluding carboxylic acids is 1. The van der Waals surface area contributed by atoms with Gasteiger partial charge in [-0.3, -0.25) is 4.79 Å². The van der Waals surface area contributed by atoms with Gasteiger partial charge < -0.3 is 15.8 Å². The van der Waals surface area contributed by atoms with Crippen LogP contribution < -0.4 is 11.1 Å². The molecule has 3 N–H and O–H groups in total. The Balaban J connectivity index is 0.00000312. The molecule has 25 heavy (non-hydrogen) atoms. The number of benzene rings is 2. The van der Waals surface area contributed by atoms with Crippen LogP contribution in [0.5, 0.6) is 0 Å². The summed E-state index contributed by atoms with van der Waals surface area (Å²) >= 11 is 3.38. The molecule has 4 nitrogen and oxygen atoms in total. The molecule has 6 heteroatoms. The summed E-state index contributed by atoms with van der Waals surface area (Å²) in [5.74, 6) is -0.222. The Labute approximate surface area is 163 Å². The van der Waals surface area contributed by atoms with Crippen LogP contribution in [-0.2, 0) is 21.7 Å². The highest BCUT2D eigenvalue weighted by Crippen LogP contribution is 2.20. The first kappa shape index (κ1) is 21.6. The Morgan fingerprint density at radius 1 is 1.20 bits per heavy atom. The third kappa shape index (κ3) is 6.44. The van der Waals surface area contributed by atoms with E-state index in [1.807, 2.05) is 61.5 Å². The molecule has 1 amide bonds. The predicted molar refractivity (Wildman–Crippen MR) is 107 cm³/mol. The van der Waals surface area contributed by atoms with E-state index in [0.717, 1.165) is 15.6 Å². The lowest BCUT2D eigenvalue weighted by Gasteiger charge is -2.26. The van der Waals surface area contributed by atoms with Gasteiger partial charge >= 0.3 is 0 Å². The van der Waals surface area contributed by atoms with Crippen LogP contribution in [0.25, 0.3) is 0 Å². The summed E-state index contributed by atoms with van der Waals surface area (Å²) in [5.41, 5.74) is 7.01. The van der Waals surface area contributed by atoms with Gasteiger partial charge in [0.1, 0.15) is 5.54 Å². The highest BCUT2D eigenvalue weighted by Gasteiger charge is 2.31. The number of rotatable bonds is 7. The van der Waals surface area contributed by atoms with E-state index in [-0.39, 0.29) is 24.4 Å². The van der Waals surface area contributed by atoms with Crippen LogP contribution in [0.2, 0.25) is 0 Å². The number of halogens is 2. The molecule has 2 unspecified atom stereocenters. The van der Waals surface area contributed by atoms with E-state index in [0.29, 0.717) is 13.2 Å². The summed E-state index contributed by atoms with van der Waals surface area (Å²) in [6.45, 7) is 4.56. The molecule has 136 valence electrons. The molecule has 0 fully saturated rings. The van der Waals surface area contributed by atoms with Gasteiger partial charge in [0.2, 0.25) is 5.91 Å². The van der Waals surface area contributed by atoms with Crippen molar-refractivity contribution in [2.24, 2.45) is 5.73 Å². The SMILES string of the molecule is CC(COCc1ccccc1)NC(=O)C(C)(N)c1ccc(Br)cc1.Cl. The molecule has 2 atom stereocenters. The fourth-order valence-corrected chi connectivity index (χ4v) is 2.53. The van der Waals surface area contributed by atoms with Crippen molar-refractivity contribution in [2.45, 2.75) is 32.0 Å². The van der Waals surface area contributed by atoms with Gasteiger partial charge in [-0.2, -0.15) is 0 Å². The number of hydrogen-bond acceptors (Lipinski definition) is 3. The summed E-state index contributed by atoms with van der Waals surface area (Å²) in [6, 6.07) is 17.3. The van der Waals surface area contributed by atoms with Crippen molar-refractivity contribution in [3.63, 3.8) is 0 Å². The van der Waals surface area contributed by atoms with Gasteiger partial charge in [-0.15, -0.1) is 12.4 Å². The van der Waals surface area contributed by atoms with E-state index in [2.05, 4.69) is 21.2 Å². The van der Waals surface area contributed by atoms with Crippen molar-refractivity contribution < 1.29 is 9.53 Å². The molecule has 0 aliphatic carbocycles. The number of carbonyl (C=O) groups is 1. The summed E-state index contributed by atoms with van der Waals surface area (Å²) in [6.07, 6.45) is 0. The summed E-state index contributed by atoms with van der Waals surface area (Å²) < 4.78 is 6.60. The average Bonchev–Trinajstić information content (AvgIpc) is 2.56. The van der Waals surface area contributed by atoms with Crippen molar-refractivity contribution in [3.8, 4) is 0 Å². The summed E-state index contributed by atoms with van der Waals surface area (Å²) in [7, 11) is 0. The third-order valence-electron chi connectivity index (χ3n) is 3.77. The lowest BCUT2D eigenvalue weighted by molar-refractivity contribution is -0.127. The Morgan fingerprint density at radius 2 is 1.80 bits per heavy atom. The quantitative estimate of drug-likeness (QED) is 0.707. The van der Waals surface area contributed by atoms with Crippen LogP contribution in [-0.4, -0.2) is 18.6 Å². The van der Waals surface area contributed by atoms with E-state index in [1.54, 1.807) is 6.92 Å². The molecule has 0 aliphatic heterocycles. The molecule has 2 aromatic carbocycles. The average molecular weight is 428 g/mol. The highest BCUT2D eigenvalue weighted by atomic mass is 79.9. The fraction of sp³-hybridized carbons (Fsp3) is 0.316. The second-order valence-corrected chi connectivity index (χ2v) is 7.00. The highest BCUT2D eigenvalue weighted by molar-refractivity contribution is 9.10. The molecule has 0 bridgehead atoms. The molecule has 0 saturated carbocycles. The maximum absolute atomic E-state index is 12.5. The van der Waals surface area contributed by atoms with E-state index >= 15 is 0 Å². The van der Waals surface area contributed by atoms with Crippen molar-refractivity contribution in [2.75, 3.05) is 6.61 Å². The van der Waals surface area contributed by atoms with Gasteiger partial charge in [0, 0.05) is 10.5 Å². The number of nitrogens with one attached hydrogen (secondary N) is 1. The molecule has 0 spiro atoms. The molecule has 2 rings (SSSR count). The van der Waals surface area contributed by atoms with Crippen LogP contribution in [0.3, 0.4) is 0 Å². The van der Waals surface area contributed by atoms with Gasteiger partial charge in [0.15, 0.2) is 0 Å². The maximum atomic E-state index is 12.5. The Hall–Kier alpha value is -1.40. The largest absolute Gasteiger partial charge is 0.375 e. The molecule has 0 radical (unpaired) electrons. The van der Waals surface area contributed by atoms with Crippen molar-refractivity contribution in [1.82, 2.24) is 5.32 Å². The first-order valence-electron chi connectivity index (χ1n) is 7.87. The third-order valence-corrected chi connectivity index (χ3v) is 4.30. The van der Waals surface area contributed by atoms with E-state index < -0.39 is 5.54 Å².